The predicted octanol–water partition coefficient (Wildman–Crippen LogP) is 4.27. The predicted molar refractivity (Wildman–Crippen MR) is 215 cm³/mol. The van der Waals surface area contributed by atoms with Gasteiger partial charge in [0.15, 0.2) is 8.32 Å². The van der Waals surface area contributed by atoms with Crippen LogP contribution < -0.4 is 0 Å². The summed E-state index contributed by atoms with van der Waals surface area (Å²) in [6.07, 6.45) is 0. The van der Waals surface area contributed by atoms with E-state index in [1.54, 1.807) is 60.0 Å². The minimum Gasteiger partial charge on any atom is -0.436 e. The van der Waals surface area contributed by atoms with Crippen LogP contribution in [0.5, 0.6) is 0 Å². The van der Waals surface area contributed by atoms with E-state index in [1.165, 1.54) is 0 Å². The SMILES string of the molecule is C=C[Si](C)(C)OC.CO[Si](C)(C)O[Si](C)(C)C(C)(C)C.C[SiH]1O[Si]2(C)O[Si]3(C)O[Si](C)(O[SiH3])O[Si]4(C)O[Si](C)(O1)O[Si](C)(O2)O[Si](C)(O3)O4. The van der Waals surface area contributed by atoms with Gasteiger partial charge in [-0.15, -0.1) is 6.58 Å². The van der Waals surface area contributed by atoms with E-state index in [0.717, 1.165) is 0 Å². The van der Waals surface area contributed by atoms with Crippen LogP contribution in [0.25, 0.3) is 0 Å². The van der Waals surface area contributed by atoms with Crippen LogP contribution in [0.4, 0.5) is 0 Å². The van der Waals surface area contributed by atoms with Gasteiger partial charge in [-0.3, -0.25) is 0 Å². The van der Waals surface area contributed by atoms with E-state index in [-0.39, 0.29) is 5.04 Å². The van der Waals surface area contributed by atoms with Gasteiger partial charge in [-0.2, -0.15) is 0 Å². The largest absolute Gasteiger partial charge is 0.475 e. The highest BCUT2D eigenvalue weighted by Gasteiger charge is 2.73. The number of hydrogen-bond donors (Lipinski definition) is 0. The van der Waals surface area contributed by atoms with E-state index in [1.807, 2.05) is 12.2 Å². The molecule has 0 saturated carbocycles. The molecule has 0 aromatic rings. The summed E-state index contributed by atoms with van der Waals surface area (Å²) in [7, 11) is -26.8. The molecule has 15 nitrogen and oxygen atoms in total. The zero-order valence-corrected chi connectivity index (χ0v) is 46.6. The molecule has 0 radical (unpaired) electrons. The van der Waals surface area contributed by atoms with Crippen molar-refractivity contribution >= 4 is 107 Å². The normalized spacial score (nSPS) is 41.4. The first kappa shape index (κ1) is 46.9. The van der Waals surface area contributed by atoms with Gasteiger partial charge in [0, 0.05) is 60.0 Å². The Morgan fingerprint density at radius 1 is 0.612 bits per heavy atom. The Bertz CT molecular complexity index is 1120. The van der Waals surface area contributed by atoms with Crippen molar-refractivity contribution in [1.82, 2.24) is 0 Å². The van der Waals surface area contributed by atoms with Gasteiger partial charge in [-0.25, -0.2) is 0 Å². The summed E-state index contributed by atoms with van der Waals surface area (Å²) in [5.74, 6) is 0. The average Bonchev–Trinajstić information content (AvgIpc) is 2.83. The fourth-order valence-electron chi connectivity index (χ4n) is 5.04. The first-order chi connectivity index (χ1) is 21.7. The Kier molecular flexibility index (Phi) is 15.0. The van der Waals surface area contributed by atoms with E-state index < -0.39 is 96.1 Å². The summed E-state index contributed by atoms with van der Waals surface area (Å²) in [5, 5.41) is 0.274. The molecule has 0 aromatic heterocycles. The van der Waals surface area contributed by atoms with Gasteiger partial charge in [0.1, 0.15) is 10.5 Å². The second-order valence-electron chi connectivity index (χ2n) is 15.4. The van der Waals surface area contributed by atoms with Crippen molar-refractivity contribution < 1.29 is 62.3 Å². The maximum Gasteiger partial charge on any atom is 0.475 e. The molecule has 49 heavy (non-hydrogen) atoms. The molecule has 4 unspecified atom stereocenters. The minimum absolute atomic E-state index is 0.274. The third-order valence-electron chi connectivity index (χ3n) is 8.28. The molecule has 0 aromatic carbocycles. The van der Waals surface area contributed by atoms with Gasteiger partial charge >= 0.3 is 79.5 Å². The lowest BCUT2D eigenvalue weighted by Gasteiger charge is -2.56. The first-order valence-electron chi connectivity index (χ1n) is 16.3. The van der Waals surface area contributed by atoms with E-state index in [2.05, 4.69) is 66.6 Å². The topological polar surface area (TPSA) is 138 Å². The smallest absolute Gasteiger partial charge is 0.436 e. The van der Waals surface area contributed by atoms with E-state index in [9.17, 15) is 0 Å². The fourth-order valence-corrected chi connectivity index (χ4v) is 54.2. The minimum atomic E-state index is -3.43. The molecule has 4 rings (SSSR count). The quantitative estimate of drug-likeness (QED) is 0.351. The highest BCUT2D eigenvalue weighted by Crippen LogP contribution is 2.43. The molecule has 0 spiro atoms. The third-order valence-corrected chi connectivity index (χ3v) is 54.7. The van der Waals surface area contributed by atoms with E-state index in [4.69, 9.17) is 62.3 Å². The third kappa shape index (κ3) is 13.2. The van der Waals surface area contributed by atoms with Crippen molar-refractivity contribution in [2.45, 2.75) is 117 Å². The van der Waals surface area contributed by atoms with Crippen LogP contribution in [0.15, 0.2) is 12.3 Å². The first-order valence-corrected chi connectivity index (χ1v) is 43.5. The molecular formula is C22H64O15Si12. The van der Waals surface area contributed by atoms with Crippen LogP contribution >= 0.6 is 0 Å². The van der Waals surface area contributed by atoms with Gasteiger partial charge in [-0.1, -0.05) is 26.5 Å². The molecular weight excluding hydrogens is 841 g/mol. The highest BCUT2D eigenvalue weighted by atomic mass is 28.6. The molecule has 4 atom stereocenters. The van der Waals surface area contributed by atoms with Gasteiger partial charge in [0.2, 0.25) is 8.32 Å². The summed E-state index contributed by atoms with van der Waals surface area (Å²) >= 11 is 0. The molecule has 0 N–H and O–H groups in total. The van der Waals surface area contributed by atoms with Crippen molar-refractivity contribution in [3.05, 3.63) is 12.3 Å². The zero-order valence-electron chi connectivity index (χ0n) is 33.5. The molecule has 0 aliphatic carbocycles. The lowest BCUT2D eigenvalue weighted by molar-refractivity contribution is 0.0154. The monoisotopic (exact) mass is 904 g/mol. The Balaban J connectivity index is 0.000000346. The van der Waals surface area contributed by atoms with Gasteiger partial charge in [-0.05, 0) is 50.9 Å². The fraction of sp³-hybridized carbons (Fsp3) is 0.909. The highest BCUT2D eigenvalue weighted by molar-refractivity contribution is 6.99. The van der Waals surface area contributed by atoms with Crippen LogP contribution in [-0.2, 0) is 62.3 Å². The molecule has 4 fully saturated rings. The molecule has 4 saturated heterocycles. The number of rotatable bonds is 6. The van der Waals surface area contributed by atoms with Gasteiger partial charge < -0.3 is 62.3 Å². The zero-order chi connectivity index (χ0) is 38.4. The van der Waals surface area contributed by atoms with Crippen LogP contribution in [0.3, 0.4) is 0 Å². The molecule has 4 aliphatic rings. The Morgan fingerprint density at radius 2 is 0.939 bits per heavy atom. The molecule has 290 valence electrons. The maximum absolute atomic E-state index is 6.45. The summed E-state index contributed by atoms with van der Waals surface area (Å²) in [4.78, 5) is 0. The molecule has 4 aliphatic heterocycles. The van der Waals surface area contributed by atoms with Crippen LogP contribution in [-0.4, -0.2) is 121 Å². The Morgan fingerprint density at radius 3 is 1.18 bits per heavy atom. The lowest BCUT2D eigenvalue weighted by atomic mass is 10.2. The second-order valence-corrected chi connectivity index (χ2v) is 52.1. The van der Waals surface area contributed by atoms with Crippen molar-refractivity contribution in [3.8, 4) is 0 Å². The summed E-state index contributed by atoms with van der Waals surface area (Å²) in [5.41, 5.74) is 1.91. The van der Waals surface area contributed by atoms with Crippen molar-refractivity contribution in [1.29, 1.82) is 0 Å². The van der Waals surface area contributed by atoms with Crippen LogP contribution in [0.1, 0.15) is 20.8 Å². The van der Waals surface area contributed by atoms with Crippen molar-refractivity contribution in [2.24, 2.45) is 0 Å². The Hall–Kier alpha value is 1.74. The summed E-state index contributed by atoms with van der Waals surface area (Å²) in [6, 6.07) is 0. The molecule has 6 bridgehead atoms. The lowest BCUT2D eigenvalue weighted by Crippen LogP contribution is -2.81. The number of fused-ring (bicyclic) bond motifs is 4. The van der Waals surface area contributed by atoms with Crippen molar-refractivity contribution in [3.63, 3.8) is 0 Å². The van der Waals surface area contributed by atoms with E-state index in [0.29, 0.717) is 10.5 Å². The number of hydrogen-bond acceptors (Lipinski definition) is 15. The second kappa shape index (κ2) is 15.7. The van der Waals surface area contributed by atoms with Gasteiger partial charge in [0.05, 0.1) is 0 Å². The van der Waals surface area contributed by atoms with E-state index >= 15 is 0 Å². The van der Waals surface area contributed by atoms with Crippen molar-refractivity contribution in [2.75, 3.05) is 14.2 Å². The molecule has 4 heterocycles. The average molecular weight is 906 g/mol. The van der Waals surface area contributed by atoms with Gasteiger partial charge in [0.25, 0.3) is 0 Å². The van der Waals surface area contributed by atoms with Crippen LogP contribution in [0.2, 0.25) is 96.7 Å². The maximum atomic E-state index is 6.45. The Labute approximate surface area is 311 Å². The summed E-state index contributed by atoms with van der Waals surface area (Å²) < 4.78 is 92.9. The molecule has 0 amide bonds. The van der Waals surface area contributed by atoms with Crippen LogP contribution in [0, 0.1) is 0 Å². The molecule has 27 heteroatoms. The summed E-state index contributed by atoms with van der Waals surface area (Å²) in [6.45, 7) is 37.6. The standard InChI is InChI=1S/C9H24O2Si2.C8H28O12Si9.C5H12OSi/c1-9(2,3)12(5,6)11-13(7,8)10-4;1-22-10-24(3)14-26(5)12-23(2,9-21)13-27(6)15-25(4,11-22)17-28(7,16-24)20-29(8,18-26)19-27;1-5-7(3,4)6-2/h1-8H3;22H,1-8,21H3;5H,1H2,2-4H3.